The summed E-state index contributed by atoms with van der Waals surface area (Å²) in [4.78, 5) is 26.0. The first-order valence-electron chi connectivity index (χ1n) is 24.7. The molecule has 0 spiro atoms. The van der Waals surface area contributed by atoms with E-state index in [1.165, 1.54) is 14.0 Å². The van der Waals surface area contributed by atoms with E-state index in [9.17, 15) is 30.0 Å². The second kappa shape index (κ2) is 20.5. The molecular formula is C51H76O17. The maximum atomic E-state index is 13.8. The molecule has 8 rings (SSSR count). The van der Waals surface area contributed by atoms with Gasteiger partial charge in [0.25, 0.3) is 0 Å². The summed E-state index contributed by atoms with van der Waals surface area (Å²) in [5.74, 6) is -2.00. The minimum Gasteiger partial charge on any atom is -0.463 e. The molecule has 0 amide bonds. The van der Waals surface area contributed by atoms with E-state index in [1.807, 2.05) is 39.8 Å². The fraction of sp³-hybridized carbons (Fsp3) is 0.804. The summed E-state index contributed by atoms with van der Waals surface area (Å²) >= 11 is 0. The van der Waals surface area contributed by atoms with Crippen LogP contribution in [0.1, 0.15) is 110 Å². The average molecular weight is 961 g/mol. The Balaban J connectivity index is 0.928. The Morgan fingerprint density at radius 1 is 0.765 bits per heavy atom. The predicted octanol–water partition coefficient (Wildman–Crippen LogP) is 4.38. The van der Waals surface area contributed by atoms with E-state index in [4.69, 9.17) is 52.1 Å². The van der Waals surface area contributed by atoms with E-state index < -0.39 is 133 Å². The zero-order chi connectivity index (χ0) is 49.0. The highest BCUT2D eigenvalue weighted by atomic mass is 16.8. The molecule has 3 saturated carbocycles. The van der Waals surface area contributed by atoms with Crippen molar-refractivity contribution in [1.82, 2.24) is 0 Å². The van der Waals surface area contributed by atoms with Gasteiger partial charge in [-0.25, -0.2) is 4.79 Å². The third kappa shape index (κ3) is 9.35. The highest BCUT2D eigenvalue weighted by Gasteiger charge is 2.73. The summed E-state index contributed by atoms with van der Waals surface area (Å²) in [5.41, 5.74) is -1.44. The zero-order valence-electron chi connectivity index (χ0n) is 41.3. The molecule has 4 aliphatic carbocycles. The number of carbonyl (C=O) groups is 2. The van der Waals surface area contributed by atoms with Crippen LogP contribution in [0, 0.1) is 28.6 Å². The number of carbonyl (C=O) groups excluding carboxylic acids is 2. The molecule has 4 N–H and O–H groups in total. The van der Waals surface area contributed by atoms with Crippen molar-refractivity contribution in [3.05, 3.63) is 47.5 Å². The van der Waals surface area contributed by atoms with E-state index in [1.54, 1.807) is 45.4 Å². The molecule has 23 unspecified atom stereocenters. The van der Waals surface area contributed by atoms with Gasteiger partial charge in [0.1, 0.15) is 42.7 Å². The predicted molar refractivity (Wildman–Crippen MR) is 242 cm³/mol. The van der Waals surface area contributed by atoms with Crippen molar-refractivity contribution in [2.24, 2.45) is 28.6 Å². The lowest BCUT2D eigenvalue weighted by atomic mass is 9.44. The third-order valence-corrected chi connectivity index (χ3v) is 17.4. The summed E-state index contributed by atoms with van der Waals surface area (Å²) in [7, 11) is 4.63. The van der Waals surface area contributed by atoms with Gasteiger partial charge in [0.05, 0.1) is 53.9 Å². The molecule has 1 aromatic carbocycles. The van der Waals surface area contributed by atoms with Gasteiger partial charge in [-0.05, 0) is 89.7 Å². The van der Waals surface area contributed by atoms with Crippen LogP contribution < -0.4 is 0 Å². The van der Waals surface area contributed by atoms with Crippen LogP contribution in [0.3, 0.4) is 0 Å². The maximum absolute atomic E-state index is 13.8. The van der Waals surface area contributed by atoms with Crippen LogP contribution in [-0.2, 0) is 56.9 Å². The summed E-state index contributed by atoms with van der Waals surface area (Å²) in [6, 6.07) is 8.84. The highest BCUT2D eigenvalue weighted by Crippen LogP contribution is 2.69. The maximum Gasteiger partial charge on any atom is 0.338 e. The van der Waals surface area contributed by atoms with Crippen molar-refractivity contribution < 1.29 is 82.1 Å². The standard InChI is InChI=1S/C51H76O17/c1-25(61-29(5)52)33-17-19-51(57)41-34(22-38(50(33,51)7)66-47(56)30-14-12-11-13-15-30)49(6)18-16-32(20-31(49)21-35(41)53)65-39-23-36(58-8)44(27(3)62-39)67-40-24-37(59-9)45(28(4)63-40)68-48-43(55)46(60-10)42(54)26(2)64-48/h11-15,21,25-28,32-46,48,53-55,57H,16-20,22-24H2,1-10H3. The number of rotatable bonds is 13. The number of aliphatic hydroxyl groups is 4. The molecular weight excluding hydrogens is 885 g/mol. The lowest BCUT2D eigenvalue weighted by Gasteiger charge is -2.64. The monoisotopic (exact) mass is 961 g/mol. The molecule has 1 aromatic rings. The molecule has 0 radical (unpaired) electrons. The quantitative estimate of drug-likeness (QED) is 0.159. The number of hydrogen-bond acceptors (Lipinski definition) is 17. The normalized spacial score (nSPS) is 47.4. The van der Waals surface area contributed by atoms with Crippen LogP contribution in [0.2, 0.25) is 0 Å². The number of methoxy groups -OCH3 is 3. The van der Waals surface area contributed by atoms with Gasteiger partial charge < -0.3 is 72.5 Å². The number of benzene rings is 1. The van der Waals surface area contributed by atoms with E-state index in [-0.39, 0.29) is 17.9 Å². The summed E-state index contributed by atoms with van der Waals surface area (Å²) in [5, 5.41) is 46.7. The second-order valence-electron chi connectivity index (χ2n) is 21.0. The highest BCUT2D eigenvalue weighted by molar-refractivity contribution is 5.89. The molecule has 23 atom stereocenters. The number of ether oxygens (including phenoxy) is 11. The van der Waals surface area contributed by atoms with Crippen molar-refractivity contribution in [3.63, 3.8) is 0 Å². The zero-order valence-corrected chi connectivity index (χ0v) is 41.3. The van der Waals surface area contributed by atoms with Crippen LogP contribution in [0.25, 0.3) is 0 Å². The molecule has 3 heterocycles. The average Bonchev–Trinajstić information content (AvgIpc) is 3.59. The Kier molecular flexibility index (Phi) is 15.6. The van der Waals surface area contributed by atoms with Crippen LogP contribution >= 0.6 is 0 Å². The number of fused-ring (bicyclic) bond motifs is 5. The first-order chi connectivity index (χ1) is 32.3. The molecule has 6 fully saturated rings. The van der Waals surface area contributed by atoms with Gasteiger partial charge in [-0.3, -0.25) is 4.79 Å². The minimum atomic E-state index is -1.43. The molecule has 17 nitrogen and oxygen atoms in total. The fourth-order valence-electron chi connectivity index (χ4n) is 13.7. The van der Waals surface area contributed by atoms with Gasteiger partial charge in [0.2, 0.25) is 0 Å². The number of aliphatic hydroxyl groups excluding tert-OH is 3. The van der Waals surface area contributed by atoms with E-state index >= 15 is 0 Å². The van der Waals surface area contributed by atoms with Gasteiger partial charge in [-0.15, -0.1) is 0 Å². The molecule has 68 heavy (non-hydrogen) atoms. The SMILES string of the molecule is COC1CC(OC2CCC3(C)C(=CC(O)C4C3CC(OC(=O)c3ccccc3)C3(C)C(C(C)OC(C)=O)CCC43O)C2)OC(C)C1OC1CC(OC)C(OC2OC(C)C(O)C(OC)C2O)C(C)O1. The van der Waals surface area contributed by atoms with Crippen LogP contribution in [0.15, 0.2) is 42.0 Å². The van der Waals surface area contributed by atoms with Crippen LogP contribution in [-0.4, -0.2) is 164 Å². The molecule has 0 aromatic heterocycles. The van der Waals surface area contributed by atoms with E-state index in [2.05, 4.69) is 6.92 Å². The number of esters is 2. The van der Waals surface area contributed by atoms with Crippen LogP contribution in [0.4, 0.5) is 0 Å². The first kappa shape index (κ1) is 51.7. The fourth-order valence-corrected chi connectivity index (χ4v) is 13.7. The van der Waals surface area contributed by atoms with Gasteiger partial charge in [0, 0.05) is 58.3 Å². The number of hydrogen-bond donors (Lipinski definition) is 4. The third-order valence-electron chi connectivity index (χ3n) is 17.4. The topological polar surface area (TPSA) is 217 Å². The lowest BCUT2D eigenvalue weighted by Crippen LogP contribution is -2.69. The lowest BCUT2D eigenvalue weighted by molar-refractivity contribution is -0.352. The Hall–Kier alpha value is -2.62. The van der Waals surface area contributed by atoms with Crippen molar-refractivity contribution in [3.8, 4) is 0 Å². The first-order valence-corrected chi connectivity index (χ1v) is 24.7. The Morgan fingerprint density at radius 3 is 2.01 bits per heavy atom. The molecule has 3 saturated heterocycles. The molecule has 0 bridgehead atoms. The smallest absolute Gasteiger partial charge is 0.338 e. The van der Waals surface area contributed by atoms with Gasteiger partial charge >= 0.3 is 11.9 Å². The van der Waals surface area contributed by atoms with Crippen molar-refractivity contribution >= 4 is 11.9 Å². The summed E-state index contributed by atoms with van der Waals surface area (Å²) in [6.45, 7) is 12.8. The molecule has 3 aliphatic heterocycles. The van der Waals surface area contributed by atoms with Crippen molar-refractivity contribution in [1.29, 1.82) is 0 Å². The Bertz CT molecular complexity index is 1940. The van der Waals surface area contributed by atoms with E-state index in [0.29, 0.717) is 56.9 Å². The van der Waals surface area contributed by atoms with E-state index in [0.717, 1.165) is 5.57 Å². The second-order valence-corrected chi connectivity index (χ2v) is 21.0. The molecule has 382 valence electrons. The Labute approximate surface area is 400 Å². The largest absolute Gasteiger partial charge is 0.463 e. The van der Waals surface area contributed by atoms with Crippen molar-refractivity contribution in [2.75, 3.05) is 21.3 Å². The minimum absolute atomic E-state index is 0.228. The summed E-state index contributed by atoms with van der Waals surface area (Å²) < 4.78 is 67.8. The summed E-state index contributed by atoms with van der Waals surface area (Å²) in [6.07, 6.45) is -5.75. The van der Waals surface area contributed by atoms with Crippen LogP contribution in [0.5, 0.6) is 0 Å². The van der Waals surface area contributed by atoms with Gasteiger partial charge in [-0.2, -0.15) is 0 Å². The van der Waals surface area contributed by atoms with Gasteiger partial charge in [-0.1, -0.05) is 43.7 Å². The molecule has 17 heteroatoms. The van der Waals surface area contributed by atoms with Crippen molar-refractivity contribution in [2.45, 2.75) is 210 Å². The molecule has 7 aliphatic rings. The van der Waals surface area contributed by atoms with Gasteiger partial charge in [0.15, 0.2) is 18.9 Å². The Morgan fingerprint density at radius 2 is 1.40 bits per heavy atom.